The maximum atomic E-state index is 13.2. The second-order valence-corrected chi connectivity index (χ2v) is 8.62. The molecule has 2 aromatic rings. The Kier molecular flexibility index (Phi) is 4.69. The van der Waals surface area contributed by atoms with Crippen LogP contribution >= 0.6 is 0 Å². The Labute approximate surface area is 166 Å². The Morgan fingerprint density at radius 1 is 1.21 bits per heavy atom. The van der Waals surface area contributed by atoms with Crippen molar-refractivity contribution < 1.29 is 9.59 Å². The van der Waals surface area contributed by atoms with E-state index >= 15 is 0 Å². The van der Waals surface area contributed by atoms with Gasteiger partial charge < -0.3 is 10.2 Å². The molecule has 1 saturated heterocycles. The molecule has 0 spiro atoms. The van der Waals surface area contributed by atoms with Crippen molar-refractivity contribution in [1.82, 2.24) is 15.2 Å². The normalized spacial score (nSPS) is 26.0. The molecule has 3 unspecified atom stereocenters. The molecular formula is C23H27N3O2. The monoisotopic (exact) mass is 377 g/mol. The average Bonchev–Trinajstić information content (AvgIpc) is 3.00. The predicted molar refractivity (Wildman–Crippen MR) is 107 cm³/mol. The zero-order valence-electron chi connectivity index (χ0n) is 16.7. The standard InChI is InChI=1S/C23H27N3O2/c1-23(2)11-10-19(16-8-4-5-9-18(16)23)25-22(28)17-13-20(27)26(3)21(17)15-7-6-12-24-14-15/h4-9,12,14,17,19,21H,10-11,13H2,1-3H3,(H,25,28). The molecule has 0 bridgehead atoms. The van der Waals surface area contributed by atoms with E-state index in [1.807, 2.05) is 18.2 Å². The summed E-state index contributed by atoms with van der Waals surface area (Å²) >= 11 is 0. The maximum Gasteiger partial charge on any atom is 0.226 e. The number of nitrogens with one attached hydrogen (secondary N) is 1. The first-order valence-corrected chi connectivity index (χ1v) is 9.94. The van der Waals surface area contributed by atoms with Crippen molar-refractivity contribution in [3.63, 3.8) is 0 Å². The quantitative estimate of drug-likeness (QED) is 0.890. The van der Waals surface area contributed by atoms with Crippen LogP contribution in [0.15, 0.2) is 48.8 Å². The van der Waals surface area contributed by atoms with E-state index < -0.39 is 5.92 Å². The summed E-state index contributed by atoms with van der Waals surface area (Å²) in [5, 5.41) is 3.26. The van der Waals surface area contributed by atoms with Gasteiger partial charge in [-0.25, -0.2) is 0 Å². The molecule has 1 aromatic heterocycles. The zero-order chi connectivity index (χ0) is 19.9. The predicted octanol–water partition coefficient (Wildman–Crippen LogP) is 3.53. The van der Waals surface area contributed by atoms with E-state index in [-0.39, 0.29) is 35.7 Å². The molecule has 2 aliphatic rings. The van der Waals surface area contributed by atoms with E-state index in [2.05, 4.69) is 42.3 Å². The molecule has 1 N–H and O–H groups in total. The number of aromatic nitrogens is 1. The Balaban J connectivity index is 1.59. The SMILES string of the molecule is CN1C(=O)CC(C(=O)NC2CCC(C)(C)c3ccccc32)C1c1cccnc1. The fourth-order valence-electron chi connectivity index (χ4n) is 4.75. The van der Waals surface area contributed by atoms with Crippen LogP contribution in [0.3, 0.4) is 0 Å². The van der Waals surface area contributed by atoms with Gasteiger partial charge in [0.05, 0.1) is 18.0 Å². The molecule has 2 amide bonds. The highest BCUT2D eigenvalue weighted by molar-refractivity contribution is 5.90. The first-order valence-electron chi connectivity index (χ1n) is 9.94. The summed E-state index contributed by atoms with van der Waals surface area (Å²) in [6, 6.07) is 11.9. The minimum absolute atomic E-state index is 0.000759. The molecular weight excluding hydrogens is 350 g/mol. The summed E-state index contributed by atoms with van der Waals surface area (Å²) < 4.78 is 0. The van der Waals surface area contributed by atoms with E-state index in [0.29, 0.717) is 0 Å². The third-order valence-corrected chi connectivity index (χ3v) is 6.39. The maximum absolute atomic E-state index is 13.2. The van der Waals surface area contributed by atoms with Crippen LogP contribution in [0.1, 0.15) is 61.9 Å². The number of pyridine rings is 1. The molecule has 2 heterocycles. The molecule has 1 aromatic carbocycles. The van der Waals surface area contributed by atoms with Crippen molar-refractivity contribution in [3.05, 3.63) is 65.5 Å². The molecule has 0 radical (unpaired) electrons. The van der Waals surface area contributed by atoms with Gasteiger partial charge in [-0.2, -0.15) is 0 Å². The van der Waals surface area contributed by atoms with Crippen LogP contribution in [-0.4, -0.2) is 28.7 Å². The highest BCUT2D eigenvalue weighted by atomic mass is 16.2. The largest absolute Gasteiger partial charge is 0.349 e. The molecule has 28 heavy (non-hydrogen) atoms. The third-order valence-electron chi connectivity index (χ3n) is 6.39. The van der Waals surface area contributed by atoms with Crippen LogP contribution in [-0.2, 0) is 15.0 Å². The summed E-state index contributed by atoms with van der Waals surface area (Å²) in [6.45, 7) is 4.51. The number of hydrogen-bond donors (Lipinski definition) is 1. The van der Waals surface area contributed by atoms with E-state index in [4.69, 9.17) is 0 Å². The molecule has 5 heteroatoms. The van der Waals surface area contributed by atoms with Crippen molar-refractivity contribution in [2.75, 3.05) is 7.05 Å². The summed E-state index contributed by atoms with van der Waals surface area (Å²) in [5.41, 5.74) is 3.51. The first kappa shape index (κ1) is 18.7. The molecule has 0 saturated carbocycles. The smallest absolute Gasteiger partial charge is 0.226 e. The molecule has 146 valence electrons. The number of rotatable bonds is 3. The number of carbonyl (C=O) groups is 2. The van der Waals surface area contributed by atoms with E-state index in [9.17, 15) is 9.59 Å². The lowest BCUT2D eigenvalue weighted by Gasteiger charge is -2.38. The fourth-order valence-corrected chi connectivity index (χ4v) is 4.75. The fraction of sp³-hybridized carbons (Fsp3) is 0.435. The van der Waals surface area contributed by atoms with Crippen molar-refractivity contribution in [1.29, 1.82) is 0 Å². The van der Waals surface area contributed by atoms with Gasteiger partial charge in [-0.05, 0) is 41.0 Å². The molecule has 1 aliphatic carbocycles. The third kappa shape index (κ3) is 3.19. The van der Waals surface area contributed by atoms with Gasteiger partial charge in [0, 0.05) is 25.9 Å². The van der Waals surface area contributed by atoms with Gasteiger partial charge in [-0.3, -0.25) is 14.6 Å². The number of benzene rings is 1. The Bertz CT molecular complexity index is 894. The molecule has 1 fully saturated rings. The topological polar surface area (TPSA) is 62.3 Å². The lowest BCUT2D eigenvalue weighted by Crippen LogP contribution is -2.40. The van der Waals surface area contributed by atoms with Crippen LogP contribution in [0.5, 0.6) is 0 Å². The van der Waals surface area contributed by atoms with Crippen molar-refractivity contribution in [3.8, 4) is 0 Å². The van der Waals surface area contributed by atoms with Crippen LogP contribution in [0, 0.1) is 5.92 Å². The molecule has 1 aliphatic heterocycles. The van der Waals surface area contributed by atoms with Crippen molar-refractivity contribution in [2.45, 2.75) is 50.6 Å². The van der Waals surface area contributed by atoms with Crippen molar-refractivity contribution in [2.24, 2.45) is 5.92 Å². The van der Waals surface area contributed by atoms with Gasteiger partial charge in [0.1, 0.15) is 0 Å². The Morgan fingerprint density at radius 3 is 2.75 bits per heavy atom. The molecule has 5 nitrogen and oxygen atoms in total. The number of nitrogens with zero attached hydrogens (tertiary/aromatic N) is 2. The van der Waals surface area contributed by atoms with Gasteiger partial charge in [0.15, 0.2) is 0 Å². The van der Waals surface area contributed by atoms with Crippen LogP contribution in [0.4, 0.5) is 0 Å². The van der Waals surface area contributed by atoms with Crippen LogP contribution < -0.4 is 5.32 Å². The Morgan fingerprint density at radius 2 is 2.00 bits per heavy atom. The van der Waals surface area contributed by atoms with E-state index in [1.165, 1.54) is 11.1 Å². The number of hydrogen-bond acceptors (Lipinski definition) is 3. The number of likely N-dealkylation sites (tertiary alicyclic amines) is 1. The van der Waals surface area contributed by atoms with E-state index in [1.54, 1.807) is 24.3 Å². The van der Waals surface area contributed by atoms with Gasteiger partial charge >= 0.3 is 0 Å². The highest BCUT2D eigenvalue weighted by Crippen LogP contribution is 2.42. The summed E-state index contributed by atoms with van der Waals surface area (Å²) in [5.74, 6) is -0.450. The highest BCUT2D eigenvalue weighted by Gasteiger charge is 2.44. The van der Waals surface area contributed by atoms with Gasteiger partial charge in [-0.15, -0.1) is 0 Å². The minimum atomic E-state index is -0.399. The second kappa shape index (κ2) is 7.04. The van der Waals surface area contributed by atoms with Gasteiger partial charge in [0.2, 0.25) is 11.8 Å². The molecule has 4 rings (SSSR count). The minimum Gasteiger partial charge on any atom is -0.349 e. The summed E-state index contributed by atoms with van der Waals surface area (Å²) in [4.78, 5) is 31.5. The van der Waals surface area contributed by atoms with Crippen LogP contribution in [0.2, 0.25) is 0 Å². The van der Waals surface area contributed by atoms with Gasteiger partial charge in [0.25, 0.3) is 0 Å². The Hall–Kier alpha value is -2.69. The lowest BCUT2D eigenvalue weighted by molar-refractivity contribution is -0.128. The van der Waals surface area contributed by atoms with Gasteiger partial charge in [-0.1, -0.05) is 44.2 Å². The summed E-state index contributed by atoms with van der Waals surface area (Å²) in [6.07, 6.45) is 5.62. The second-order valence-electron chi connectivity index (χ2n) is 8.62. The lowest BCUT2D eigenvalue weighted by atomic mass is 9.71. The average molecular weight is 377 g/mol. The number of fused-ring (bicyclic) bond motifs is 1. The zero-order valence-corrected chi connectivity index (χ0v) is 16.7. The molecule has 3 atom stereocenters. The van der Waals surface area contributed by atoms with Crippen molar-refractivity contribution >= 4 is 11.8 Å². The van der Waals surface area contributed by atoms with Crippen LogP contribution in [0.25, 0.3) is 0 Å². The number of carbonyl (C=O) groups excluding carboxylic acids is 2. The first-order chi connectivity index (χ1) is 13.4. The number of amides is 2. The summed E-state index contributed by atoms with van der Waals surface area (Å²) in [7, 11) is 1.77. The van der Waals surface area contributed by atoms with E-state index in [0.717, 1.165) is 18.4 Å².